The molecule has 1 atom stereocenters. The second kappa shape index (κ2) is 4.44. The molecule has 0 heterocycles. The van der Waals surface area contributed by atoms with Gasteiger partial charge in [0.05, 0.1) is 0 Å². The third-order valence-corrected chi connectivity index (χ3v) is 4.60. The molecule has 0 spiro atoms. The predicted molar refractivity (Wildman–Crippen MR) is 69.3 cm³/mol. The van der Waals surface area contributed by atoms with Crippen molar-refractivity contribution < 1.29 is 10.0 Å². The number of carbonyl (C=O) groups is 1. The smallest absolute Gasteiger partial charge is 0.234 e. The van der Waals surface area contributed by atoms with Crippen molar-refractivity contribution in [1.82, 2.24) is 5.32 Å². The van der Waals surface area contributed by atoms with E-state index in [1.165, 1.54) is 6.42 Å². The Kier molecular flexibility index (Phi) is 3.25. The third kappa shape index (κ3) is 2.18. The molecule has 2 rings (SSSR count). The maximum absolute atomic E-state index is 12.3. The van der Waals surface area contributed by atoms with E-state index >= 15 is 0 Å². The molecule has 0 aromatic carbocycles. The number of nitrogens with zero attached hydrogens (tertiary/aromatic N) is 1. The van der Waals surface area contributed by atoms with Crippen LogP contribution in [0.1, 0.15) is 52.4 Å². The summed E-state index contributed by atoms with van der Waals surface area (Å²) < 4.78 is 0. The van der Waals surface area contributed by atoms with Crippen molar-refractivity contribution in [2.75, 3.05) is 0 Å². The Balaban J connectivity index is 2.04. The Morgan fingerprint density at radius 1 is 1.33 bits per heavy atom. The van der Waals surface area contributed by atoms with E-state index < -0.39 is 5.41 Å². The zero-order valence-corrected chi connectivity index (χ0v) is 11.2. The van der Waals surface area contributed by atoms with E-state index in [-0.39, 0.29) is 23.2 Å². The van der Waals surface area contributed by atoms with Crippen LogP contribution in [0.4, 0.5) is 0 Å². The van der Waals surface area contributed by atoms with Crippen molar-refractivity contribution in [3.63, 3.8) is 0 Å². The zero-order valence-electron chi connectivity index (χ0n) is 11.2. The van der Waals surface area contributed by atoms with E-state index in [4.69, 9.17) is 10.9 Å². The number of hydrogen-bond acceptors (Lipinski definition) is 3. The Labute approximate surface area is 108 Å². The Morgan fingerprint density at radius 3 is 2.50 bits per heavy atom. The van der Waals surface area contributed by atoms with Crippen molar-refractivity contribution in [2.24, 2.45) is 21.7 Å². The average molecular weight is 253 g/mol. The molecule has 4 N–H and O–H groups in total. The van der Waals surface area contributed by atoms with Gasteiger partial charge in [0.25, 0.3) is 0 Å². The van der Waals surface area contributed by atoms with Crippen molar-refractivity contribution in [3.05, 3.63) is 0 Å². The second-order valence-corrected chi connectivity index (χ2v) is 6.33. The molecule has 5 heteroatoms. The van der Waals surface area contributed by atoms with E-state index in [9.17, 15) is 4.79 Å². The molecule has 0 aliphatic heterocycles. The zero-order chi connectivity index (χ0) is 13.4. The summed E-state index contributed by atoms with van der Waals surface area (Å²) >= 11 is 0. The SMILES string of the molecule is CC1(C)CCCCC1NC(=O)C1(C(N)=NO)CC1. The van der Waals surface area contributed by atoms with Crippen molar-refractivity contribution in [1.29, 1.82) is 0 Å². The first kappa shape index (κ1) is 13.2. The largest absolute Gasteiger partial charge is 0.409 e. The molecule has 2 aliphatic carbocycles. The van der Waals surface area contributed by atoms with Gasteiger partial charge in [-0.05, 0) is 31.1 Å². The number of nitrogens with one attached hydrogen (secondary N) is 1. The first-order valence-electron chi connectivity index (χ1n) is 6.71. The highest BCUT2D eigenvalue weighted by Crippen LogP contribution is 2.47. The maximum Gasteiger partial charge on any atom is 0.234 e. The number of amides is 1. The van der Waals surface area contributed by atoms with Gasteiger partial charge in [-0.3, -0.25) is 4.79 Å². The second-order valence-electron chi connectivity index (χ2n) is 6.33. The molecule has 0 saturated heterocycles. The van der Waals surface area contributed by atoms with Gasteiger partial charge < -0.3 is 16.3 Å². The molecular weight excluding hydrogens is 230 g/mol. The minimum Gasteiger partial charge on any atom is -0.409 e. The first-order chi connectivity index (χ1) is 8.42. The maximum atomic E-state index is 12.3. The van der Waals surface area contributed by atoms with Gasteiger partial charge in [-0.25, -0.2) is 0 Å². The number of amidine groups is 1. The molecule has 0 aromatic rings. The Hall–Kier alpha value is -1.26. The fourth-order valence-electron chi connectivity index (χ4n) is 2.88. The minimum absolute atomic E-state index is 0.0496. The molecule has 5 nitrogen and oxygen atoms in total. The number of oxime groups is 1. The van der Waals surface area contributed by atoms with E-state index in [0.717, 1.165) is 19.3 Å². The highest BCUT2D eigenvalue weighted by atomic mass is 16.4. The van der Waals surface area contributed by atoms with Crippen LogP contribution in [-0.4, -0.2) is 23.0 Å². The van der Waals surface area contributed by atoms with Gasteiger partial charge in [0.15, 0.2) is 5.84 Å². The van der Waals surface area contributed by atoms with Crippen LogP contribution in [0, 0.1) is 10.8 Å². The lowest BCUT2D eigenvalue weighted by Crippen LogP contribution is -2.51. The van der Waals surface area contributed by atoms with E-state index in [2.05, 4.69) is 24.3 Å². The van der Waals surface area contributed by atoms with E-state index in [1.807, 2.05) is 0 Å². The summed E-state index contributed by atoms with van der Waals surface area (Å²) in [5.41, 5.74) is 5.03. The monoisotopic (exact) mass is 253 g/mol. The van der Waals surface area contributed by atoms with Crippen LogP contribution < -0.4 is 11.1 Å². The van der Waals surface area contributed by atoms with Crippen LogP contribution >= 0.6 is 0 Å². The van der Waals surface area contributed by atoms with Crippen molar-refractivity contribution in [2.45, 2.75) is 58.4 Å². The van der Waals surface area contributed by atoms with Gasteiger partial charge >= 0.3 is 0 Å². The highest BCUT2D eigenvalue weighted by molar-refractivity contribution is 6.09. The molecule has 2 fully saturated rings. The quantitative estimate of drug-likeness (QED) is 0.309. The highest BCUT2D eigenvalue weighted by Gasteiger charge is 2.55. The van der Waals surface area contributed by atoms with Crippen LogP contribution in [0.25, 0.3) is 0 Å². The molecule has 2 saturated carbocycles. The average Bonchev–Trinajstić information content (AvgIpc) is 3.12. The number of hydrogen-bond donors (Lipinski definition) is 3. The Bertz CT molecular complexity index is 372. The lowest BCUT2D eigenvalue weighted by Gasteiger charge is -2.39. The fourth-order valence-corrected chi connectivity index (χ4v) is 2.88. The van der Waals surface area contributed by atoms with E-state index in [0.29, 0.717) is 12.8 Å². The van der Waals surface area contributed by atoms with Crippen LogP contribution in [-0.2, 0) is 4.79 Å². The lowest BCUT2D eigenvalue weighted by atomic mass is 9.73. The van der Waals surface area contributed by atoms with Crippen LogP contribution in [0.15, 0.2) is 5.16 Å². The van der Waals surface area contributed by atoms with Crippen LogP contribution in [0.5, 0.6) is 0 Å². The van der Waals surface area contributed by atoms with Gasteiger partial charge in [-0.2, -0.15) is 0 Å². The Morgan fingerprint density at radius 2 is 2.00 bits per heavy atom. The van der Waals surface area contributed by atoms with E-state index in [1.54, 1.807) is 0 Å². The third-order valence-electron chi connectivity index (χ3n) is 4.60. The topological polar surface area (TPSA) is 87.7 Å². The molecule has 0 bridgehead atoms. The summed E-state index contributed by atoms with van der Waals surface area (Å²) in [7, 11) is 0. The van der Waals surface area contributed by atoms with Gasteiger partial charge in [0.1, 0.15) is 5.41 Å². The van der Waals surface area contributed by atoms with Crippen LogP contribution in [0.2, 0.25) is 0 Å². The van der Waals surface area contributed by atoms with Gasteiger partial charge in [-0.1, -0.05) is 31.8 Å². The van der Waals surface area contributed by atoms with Gasteiger partial charge in [0.2, 0.25) is 5.91 Å². The normalized spacial score (nSPS) is 29.7. The lowest BCUT2D eigenvalue weighted by molar-refractivity contribution is -0.126. The van der Waals surface area contributed by atoms with Crippen LogP contribution in [0.3, 0.4) is 0 Å². The fraction of sp³-hybridized carbons (Fsp3) is 0.846. The number of nitrogens with two attached hydrogens (primary N) is 1. The van der Waals surface area contributed by atoms with Crippen molar-refractivity contribution in [3.8, 4) is 0 Å². The summed E-state index contributed by atoms with van der Waals surface area (Å²) in [5, 5.41) is 14.9. The molecular formula is C13H23N3O2. The minimum atomic E-state index is -0.734. The summed E-state index contributed by atoms with van der Waals surface area (Å²) in [4.78, 5) is 12.3. The van der Waals surface area contributed by atoms with Gasteiger partial charge in [0, 0.05) is 6.04 Å². The molecule has 1 unspecified atom stereocenters. The molecule has 0 aromatic heterocycles. The van der Waals surface area contributed by atoms with Gasteiger partial charge in [-0.15, -0.1) is 0 Å². The first-order valence-corrected chi connectivity index (χ1v) is 6.71. The summed E-state index contributed by atoms with van der Waals surface area (Å²) in [6.45, 7) is 4.39. The molecule has 2 aliphatic rings. The standard InChI is InChI=1S/C13H23N3O2/c1-12(2)6-4-3-5-9(12)15-11(17)13(7-8-13)10(14)16-18/h9,18H,3-8H2,1-2H3,(H2,14,16)(H,15,17). The molecule has 18 heavy (non-hydrogen) atoms. The molecule has 0 radical (unpaired) electrons. The molecule has 1 amide bonds. The summed E-state index contributed by atoms with van der Waals surface area (Å²) in [6.07, 6.45) is 5.90. The predicted octanol–water partition coefficient (Wildman–Crippen LogP) is 1.60. The summed E-state index contributed by atoms with van der Waals surface area (Å²) in [5.74, 6) is -0.0219. The number of carbonyl (C=O) groups excluding carboxylic acids is 1. The van der Waals surface area contributed by atoms with Crippen molar-refractivity contribution >= 4 is 11.7 Å². The summed E-state index contributed by atoms with van der Waals surface area (Å²) in [6, 6.07) is 0.197. The number of rotatable bonds is 3. The molecule has 102 valence electrons.